The Balaban J connectivity index is 1.41. The Morgan fingerprint density at radius 2 is 1.73 bits per heavy atom. The molecule has 0 spiro atoms. The molecule has 1 aromatic heterocycles. The molecular weight excluding hydrogens is 364 g/mol. The predicted octanol–water partition coefficient (Wildman–Crippen LogP) is 5.56. The molecule has 0 radical (unpaired) electrons. The molecule has 0 amide bonds. The third kappa shape index (κ3) is 3.21. The molecule has 3 aromatic rings. The lowest BCUT2D eigenvalue weighted by molar-refractivity contribution is -0.945. The smallest absolute Gasteiger partial charge is 0.129 e. The summed E-state index contributed by atoms with van der Waals surface area (Å²) >= 11 is 0. The minimum Gasteiger partial charge on any atom is -0.339 e. The summed E-state index contributed by atoms with van der Waals surface area (Å²) in [6.45, 7) is 3.66. The van der Waals surface area contributed by atoms with Gasteiger partial charge in [-0.05, 0) is 54.9 Å². The fraction of sp³-hybridized carbons (Fsp3) is 0.500. The van der Waals surface area contributed by atoms with Crippen LogP contribution in [0.5, 0.6) is 0 Å². The summed E-state index contributed by atoms with van der Waals surface area (Å²) in [4.78, 5) is 1.79. The van der Waals surface area contributed by atoms with Gasteiger partial charge in [0.15, 0.2) is 0 Å². The van der Waals surface area contributed by atoms with E-state index in [0.717, 1.165) is 5.92 Å². The van der Waals surface area contributed by atoms with Crippen molar-refractivity contribution in [3.05, 3.63) is 70.9 Å². The third-order valence-corrected chi connectivity index (χ3v) is 8.21. The van der Waals surface area contributed by atoms with Crippen LogP contribution in [0.3, 0.4) is 0 Å². The van der Waals surface area contributed by atoms with E-state index in [2.05, 4.69) is 53.1 Å². The number of hydrogen-bond donors (Lipinski definition) is 1. The number of nitrogens with one attached hydrogen (secondary N) is 1. The second-order valence-electron chi connectivity index (χ2n) is 10.00. The molecule has 1 N–H and O–H groups in total. The van der Waals surface area contributed by atoms with Crippen LogP contribution in [0, 0.1) is 0 Å². The molecule has 156 valence electrons. The summed E-state index contributed by atoms with van der Waals surface area (Å²) in [5, 5.41) is 1.60. The number of nitrogens with zero attached hydrogens (tertiary/aromatic N) is 1. The van der Waals surface area contributed by atoms with Gasteiger partial charge in [0, 0.05) is 35.9 Å². The molecule has 1 saturated carbocycles. The first-order valence-electron chi connectivity index (χ1n) is 12.4. The van der Waals surface area contributed by atoms with E-state index in [1.54, 1.807) is 27.1 Å². The standard InChI is InChI=1S/C28H34N2/c1-3-9-21(10-4-1)20-29-17-8-18-30-26-16-15-23(22-11-5-2-6-12-22)19-25(26)24-13-7-14-27(29)28(24)30/h1,3-4,9-10,15-16,19,22,27H,2,5-8,11-14,17-18,20H2/p+1/t27-/m0/s1. The maximum atomic E-state index is 2.73. The highest BCUT2D eigenvalue weighted by Gasteiger charge is 2.36. The fourth-order valence-corrected chi connectivity index (χ4v) is 6.78. The van der Waals surface area contributed by atoms with Crippen molar-refractivity contribution in [3.63, 3.8) is 0 Å². The van der Waals surface area contributed by atoms with Gasteiger partial charge in [0.25, 0.3) is 0 Å². The van der Waals surface area contributed by atoms with Gasteiger partial charge in [-0.3, -0.25) is 0 Å². The monoisotopic (exact) mass is 399 g/mol. The molecule has 1 fully saturated rings. The first-order valence-corrected chi connectivity index (χ1v) is 12.4. The van der Waals surface area contributed by atoms with Crippen LogP contribution >= 0.6 is 0 Å². The number of hydrogen-bond acceptors (Lipinski definition) is 0. The summed E-state index contributed by atoms with van der Waals surface area (Å²) in [5.41, 5.74) is 8.03. The minimum atomic E-state index is 0.669. The molecule has 2 heteroatoms. The fourth-order valence-electron chi connectivity index (χ4n) is 6.78. The quantitative estimate of drug-likeness (QED) is 0.591. The van der Waals surface area contributed by atoms with E-state index >= 15 is 0 Å². The molecule has 30 heavy (non-hydrogen) atoms. The van der Waals surface area contributed by atoms with E-state index in [0.29, 0.717) is 6.04 Å². The highest BCUT2D eigenvalue weighted by atomic mass is 15.2. The molecule has 1 aliphatic heterocycles. The molecule has 0 saturated heterocycles. The van der Waals surface area contributed by atoms with Crippen molar-refractivity contribution < 1.29 is 4.90 Å². The van der Waals surface area contributed by atoms with Crippen molar-refractivity contribution in [1.82, 2.24) is 4.57 Å². The van der Waals surface area contributed by atoms with Crippen LogP contribution in [0.4, 0.5) is 0 Å². The SMILES string of the molecule is c1ccc(C[NH+]2CCCn3c4c(c5cc(C6CCCCC6)ccc53)CCC[C@@H]42)cc1. The third-order valence-electron chi connectivity index (χ3n) is 8.21. The van der Waals surface area contributed by atoms with Gasteiger partial charge in [-0.25, -0.2) is 0 Å². The number of quaternary nitrogens is 1. The van der Waals surface area contributed by atoms with Gasteiger partial charge in [0.1, 0.15) is 12.6 Å². The Bertz CT molecular complexity index is 1030. The topological polar surface area (TPSA) is 9.37 Å². The summed E-state index contributed by atoms with van der Waals surface area (Å²) in [7, 11) is 0. The van der Waals surface area contributed by atoms with Gasteiger partial charge in [-0.2, -0.15) is 0 Å². The van der Waals surface area contributed by atoms with Crippen molar-refractivity contribution in [3.8, 4) is 0 Å². The summed E-state index contributed by atoms with van der Waals surface area (Å²) in [6, 6.07) is 19.4. The predicted molar refractivity (Wildman–Crippen MR) is 124 cm³/mol. The Morgan fingerprint density at radius 3 is 2.60 bits per heavy atom. The van der Waals surface area contributed by atoms with Crippen LogP contribution in [0.15, 0.2) is 48.5 Å². The number of benzene rings is 2. The van der Waals surface area contributed by atoms with Crippen LogP contribution in [0.1, 0.15) is 85.7 Å². The van der Waals surface area contributed by atoms with Gasteiger partial charge < -0.3 is 9.47 Å². The summed E-state index contributed by atoms with van der Waals surface area (Å²) in [5.74, 6) is 0.801. The van der Waals surface area contributed by atoms with E-state index in [9.17, 15) is 0 Å². The summed E-state index contributed by atoms with van der Waals surface area (Å²) in [6.07, 6.45) is 12.3. The van der Waals surface area contributed by atoms with Crippen molar-refractivity contribution in [2.45, 2.75) is 82.8 Å². The Hall–Kier alpha value is -2.06. The number of aromatic nitrogens is 1. The number of fused-ring (bicyclic) bond motifs is 3. The Kier molecular flexibility index (Phi) is 4.91. The van der Waals surface area contributed by atoms with Crippen molar-refractivity contribution in [1.29, 1.82) is 0 Å². The highest BCUT2D eigenvalue weighted by Crippen LogP contribution is 2.40. The first-order chi connectivity index (χ1) is 14.9. The number of aryl methyl sites for hydroxylation is 2. The van der Waals surface area contributed by atoms with Crippen LogP contribution in [-0.2, 0) is 19.5 Å². The molecule has 3 aliphatic rings. The molecular formula is C28H35N2+. The summed E-state index contributed by atoms with van der Waals surface area (Å²) < 4.78 is 2.73. The Morgan fingerprint density at radius 1 is 0.867 bits per heavy atom. The normalized spacial score (nSPS) is 24.5. The largest absolute Gasteiger partial charge is 0.339 e. The zero-order chi connectivity index (χ0) is 19.9. The Labute approximate surface area is 180 Å². The molecule has 2 heterocycles. The van der Waals surface area contributed by atoms with E-state index in [1.807, 2.05) is 0 Å². The van der Waals surface area contributed by atoms with E-state index in [4.69, 9.17) is 0 Å². The van der Waals surface area contributed by atoms with Gasteiger partial charge >= 0.3 is 0 Å². The van der Waals surface area contributed by atoms with E-state index in [1.165, 1.54) is 88.5 Å². The molecule has 2 atom stereocenters. The van der Waals surface area contributed by atoms with E-state index < -0.39 is 0 Å². The molecule has 2 aromatic carbocycles. The number of rotatable bonds is 3. The second kappa shape index (κ2) is 7.89. The van der Waals surface area contributed by atoms with Crippen molar-refractivity contribution in [2.75, 3.05) is 6.54 Å². The van der Waals surface area contributed by atoms with Crippen LogP contribution in [-0.4, -0.2) is 11.1 Å². The van der Waals surface area contributed by atoms with Gasteiger partial charge in [-0.1, -0.05) is 55.7 Å². The zero-order valence-electron chi connectivity index (χ0n) is 18.2. The maximum Gasteiger partial charge on any atom is 0.129 e. The van der Waals surface area contributed by atoms with Gasteiger partial charge in [0.05, 0.1) is 12.2 Å². The average Bonchev–Trinajstić information content (AvgIpc) is 3.01. The van der Waals surface area contributed by atoms with Gasteiger partial charge in [-0.15, -0.1) is 0 Å². The lowest BCUT2D eigenvalue weighted by Crippen LogP contribution is -3.11. The molecule has 1 unspecified atom stereocenters. The highest BCUT2D eigenvalue weighted by molar-refractivity contribution is 5.87. The zero-order valence-corrected chi connectivity index (χ0v) is 18.2. The lowest BCUT2D eigenvalue weighted by atomic mass is 9.83. The van der Waals surface area contributed by atoms with E-state index in [-0.39, 0.29) is 0 Å². The van der Waals surface area contributed by atoms with Gasteiger partial charge in [0.2, 0.25) is 0 Å². The molecule has 2 aliphatic carbocycles. The molecule has 6 rings (SSSR count). The van der Waals surface area contributed by atoms with Crippen LogP contribution in [0.25, 0.3) is 10.9 Å². The van der Waals surface area contributed by atoms with Crippen LogP contribution in [0.2, 0.25) is 0 Å². The first kappa shape index (κ1) is 18.7. The van der Waals surface area contributed by atoms with Crippen LogP contribution < -0.4 is 4.90 Å². The minimum absolute atomic E-state index is 0.669. The average molecular weight is 400 g/mol. The maximum absolute atomic E-state index is 2.73. The molecule has 0 bridgehead atoms. The van der Waals surface area contributed by atoms with Crippen molar-refractivity contribution in [2.24, 2.45) is 0 Å². The van der Waals surface area contributed by atoms with Crippen molar-refractivity contribution >= 4 is 10.9 Å². The lowest BCUT2D eigenvalue weighted by Gasteiger charge is -2.31. The molecule has 2 nitrogen and oxygen atoms in total. The second-order valence-corrected chi connectivity index (χ2v) is 10.00.